The third-order valence-electron chi connectivity index (χ3n) is 4.02. The van der Waals surface area contributed by atoms with E-state index in [0.717, 1.165) is 18.2 Å². The number of benzene rings is 3. The third-order valence-corrected chi connectivity index (χ3v) is 6.85. The van der Waals surface area contributed by atoms with Gasteiger partial charge in [0.2, 0.25) is 4.90 Å². The highest BCUT2D eigenvalue weighted by atomic mass is 35.5. The van der Waals surface area contributed by atoms with E-state index in [0.29, 0.717) is 15.1 Å². The van der Waals surface area contributed by atoms with Crippen molar-refractivity contribution in [1.82, 2.24) is 0 Å². The Morgan fingerprint density at radius 3 is 2.41 bits per heavy atom. The molecule has 3 aromatic rings. The number of hydrogen-bond acceptors (Lipinski definition) is 4. The van der Waals surface area contributed by atoms with Gasteiger partial charge in [0.05, 0.1) is 21.7 Å². The summed E-state index contributed by atoms with van der Waals surface area (Å²) in [5, 5.41) is 12.1. The molecule has 0 aliphatic carbocycles. The minimum absolute atomic E-state index is 0.0848. The summed E-state index contributed by atoms with van der Waals surface area (Å²) in [6.07, 6.45) is -1.09. The third kappa shape index (κ3) is 4.64. The first-order valence-electron chi connectivity index (χ1n) is 8.01. The van der Waals surface area contributed by atoms with Crippen LogP contribution in [-0.4, -0.2) is 25.5 Å². The molecule has 0 saturated heterocycles. The molecule has 12 heteroatoms. The molecule has 152 valence electrons. The lowest BCUT2D eigenvalue weighted by Crippen LogP contribution is -2.37. The fourth-order valence-corrected chi connectivity index (χ4v) is 5.91. The van der Waals surface area contributed by atoms with Crippen molar-refractivity contribution in [3.05, 3.63) is 75.8 Å². The largest absolute Gasteiger partial charge is 0.349 e. The first-order chi connectivity index (χ1) is 13.5. The van der Waals surface area contributed by atoms with E-state index in [1.165, 1.54) is 6.07 Å². The lowest BCUT2D eigenvalue weighted by Gasteiger charge is -2.23. The normalized spacial score (nSPS) is 13.8. The van der Waals surface area contributed by atoms with Crippen LogP contribution in [0.4, 0.5) is 11.4 Å². The van der Waals surface area contributed by atoms with Crippen LogP contribution in [0.2, 0.25) is 5.02 Å². The Labute approximate surface area is 171 Å². The highest BCUT2D eigenvalue weighted by Crippen LogP contribution is 2.43. The maximum absolute atomic E-state index is 13.4. The molecular formula is C17H15ClN2O7PS+. The standard InChI is InChI=1S/C17H14ClN2O7PS/c18-13-8-14(20(21)22)10-15(9-13)29(26,27)19(11-28(23,24)25)17-7-3-5-12-4-1-2-6-16(12)17/h1-10H,11H2,(H2-,23,24,25,26,27)/p+1. The lowest BCUT2D eigenvalue weighted by molar-refractivity contribution is -0.385. The Kier molecular flexibility index (Phi) is 5.77. The van der Waals surface area contributed by atoms with Crippen LogP contribution in [0.3, 0.4) is 0 Å². The second-order valence-corrected chi connectivity index (χ2v) is 10.0. The zero-order valence-electron chi connectivity index (χ0n) is 14.6. The number of non-ortho nitro benzene ring substituents is 1. The van der Waals surface area contributed by atoms with Gasteiger partial charge in [0, 0.05) is 17.5 Å². The Bertz CT molecular complexity index is 1190. The second kappa shape index (κ2) is 7.83. The van der Waals surface area contributed by atoms with Crippen LogP contribution in [0, 0.1) is 10.1 Å². The van der Waals surface area contributed by atoms with Crippen LogP contribution >= 0.6 is 19.2 Å². The summed E-state index contributed by atoms with van der Waals surface area (Å²) in [6.45, 7) is 0. The average molecular weight is 458 g/mol. The molecule has 1 atom stereocenters. The van der Waals surface area contributed by atoms with Gasteiger partial charge in [0.15, 0.2) is 6.29 Å². The maximum atomic E-state index is 13.4. The summed E-state index contributed by atoms with van der Waals surface area (Å²) < 4.78 is 36.7. The molecule has 0 spiro atoms. The van der Waals surface area contributed by atoms with E-state index in [9.17, 15) is 33.2 Å². The number of nitro groups is 1. The molecule has 3 aromatic carbocycles. The van der Waals surface area contributed by atoms with Gasteiger partial charge in [-0.2, -0.15) is 4.55 Å². The van der Waals surface area contributed by atoms with Crippen molar-refractivity contribution in [2.75, 3.05) is 10.6 Å². The van der Waals surface area contributed by atoms with Crippen molar-refractivity contribution in [3.63, 3.8) is 0 Å². The monoisotopic (exact) mass is 457 g/mol. The Balaban J connectivity index is 2.25. The van der Waals surface area contributed by atoms with E-state index in [-0.39, 0.29) is 10.7 Å². The highest BCUT2D eigenvalue weighted by Gasteiger charge is 2.44. The smallest absolute Gasteiger partial charge is 0.323 e. The Hall–Kier alpha value is -2.33. The van der Waals surface area contributed by atoms with Gasteiger partial charge in [-0.1, -0.05) is 48.0 Å². The zero-order chi connectivity index (χ0) is 21.4. The van der Waals surface area contributed by atoms with Gasteiger partial charge in [-0.15, -0.1) is 4.31 Å². The first kappa shape index (κ1) is 21.4. The number of fused-ring (bicyclic) bond motifs is 1. The maximum Gasteiger partial charge on any atom is 0.349 e. The highest BCUT2D eigenvalue weighted by molar-refractivity contribution is 7.99. The minimum Gasteiger partial charge on any atom is -0.323 e. The molecule has 3 rings (SSSR count). The number of halogens is 1. The zero-order valence-corrected chi connectivity index (χ0v) is 17.0. The van der Waals surface area contributed by atoms with E-state index >= 15 is 0 Å². The van der Waals surface area contributed by atoms with Crippen molar-refractivity contribution in [2.24, 2.45) is 0 Å². The summed E-state index contributed by atoms with van der Waals surface area (Å²) >= 11 is 5.87. The summed E-state index contributed by atoms with van der Waals surface area (Å²) in [4.78, 5) is 28.9. The number of anilines is 1. The van der Waals surface area contributed by atoms with Gasteiger partial charge in [0.25, 0.3) is 5.69 Å². The van der Waals surface area contributed by atoms with E-state index in [1.807, 2.05) is 0 Å². The van der Waals surface area contributed by atoms with E-state index in [4.69, 9.17) is 11.6 Å². The van der Waals surface area contributed by atoms with Crippen LogP contribution < -0.4 is 4.31 Å². The van der Waals surface area contributed by atoms with Crippen molar-refractivity contribution in [3.8, 4) is 0 Å². The number of hydrogen-bond donors (Lipinski definition) is 3. The number of rotatable bonds is 6. The van der Waals surface area contributed by atoms with Gasteiger partial charge in [-0.05, 0) is 15.7 Å². The summed E-state index contributed by atoms with van der Waals surface area (Å²) in [7, 11) is -9.16. The molecule has 0 aromatic heterocycles. The predicted molar refractivity (Wildman–Crippen MR) is 110 cm³/mol. The van der Waals surface area contributed by atoms with Gasteiger partial charge < -0.3 is 9.79 Å². The molecule has 9 nitrogen and oxygen atoms in total. The van der Waals surface area contributed by atoms with Gasteiger partial charge in [-0.3, -0.25) is 14.7 Å². The molecule has 0 fully saturated rings. The van der Waals surface area contributed by atoms with Crippen molar-refractivity contribution < 1.29 is 28.0 Å². The summed E-state index contributed by atoms with van der Waals surface area (Å²) in [6, 6.07) is 14.4. The van der Waals surface area contributed by atoms with Crippen LogP contribution in [0.25, 0.3) is 10.8 Å². The topological polar surface area (TPSA) is 141 Å². The Morgan fingerprint density at radius 1 is 1.10 bits per heavy atom. The molecule has 0 aliphatic heterocycles. The van der Waals surface area contributed by atoms with Gasteiger partial charge in [-0.25, -0.2) is 0 Å². The predicted octanol–water partition coefficient (Wildman–Crippen LogP) is 4.29. The van der Waals surface area contributed by atoms with Crippen molar-refractivity contribution in [1.29, 1.82) is 0 Å². The van der Waals surface area contributed by atoms with Crippen LogP contribution in [0.15, 0.2) is 65.6 Å². The SMILES string of the molecule is O=[N+]([O-])c1cc(Cl)cc([S+](=O)(O)N(CP(=O)(O)O)c2cccc3ccccc23)c1. The summed E-state index contributed by atoms with van der Waals surface area (Å²) in [5.41, 5.74) is -0.440. The molecular weight excluding hydrogens is 443 g/mol. The fourth-order valence-electron chi connectivity index (χ4n) is 2.81. The van der Waals surface area contributed by atoms with Crippen molar-refractivity contribution >= 4 is 51.7 Å². The molecule has 0 heterocycles. The Morgan fingerprint density at radius 2 is 1.76 bits per heavy atom. The molecule has 29 heavy (non-hydrogen) atoms. The minimum atomic E-state index is -4.81. The molecule has 0 bridgehead atoms. The van der Waals surface area contributed by atoms with E-state index < -0.39 is 39.8 Å². The molecule has 0 amide bonds. The molecule has 1 unspecified atom stereocenters. The van der Waals surface area contributed by atoms with Crippen LogP contribution in [0.1, 0.15) is 0 Å². The first-order valence-corrected chi connectivity index (χ1v) is 11.7. The lowest BCUT2D eigenvalue weighted by atomic mass is 10.1. The van der Waals surface area contributed by atoms with Gasteiger partial charge in [0.1, 0.15) is 0 Å². The quantitative estimate of drug-likeness (QED) is 0.217. The van der Waals surface area contributed by atoms with E-state index in [2.05, 4.69) is 0 Å². The molecule has 0 saturated carbocycles. The molecule has 0 aliphatic rings. The number of nitro benzene ring substituents is 1. The van der Waals surface area contributed by atoms with E-state index in [1.54, 1.807) is 36.4 Å². The second-order valence-electron chi connectivity index (χ2n) is 6.08. The van der Waals surface area contributed by atoms with Crippen LogP contribution in [-0.2, 0) is 19.2 Å². The van der Waals surface area contributed by atoms with Crippen LogP contribution in [0.5, 0.6) is 0 Å². The average Bonchev–Trinajstić information content (AvgIpc) is 2.64. The van der Waals surface area contributed by atoms with Gasteiger partial charge >= 0.3 is 18.0 Å². The summed E-state index contributed by atoms with van der Waals surface area (Å²) in [5.74, 6) is 0. The molecule has 3 N–H and O–H groups in total. The van der Waals surface area contributed by atoms with Crippen molar-refractivity contribution in [2.45, 2.75) is 4.90 Å². The number of nitrogens with zero attached hydrogens (tertiary/aromatic N) is 2. The fraction of sp³-hybridized carbons (Fsp3) is 0.0588. The molecule has 0 radical (unpaired) electrons.